The van der Waals surface area contributed by atoms with E-state index in [0.29, 0.717) is 33.8 Å². The number of nitrogens with one attached hydrogen (secondary N) is 1. The molecule has 0 fully saturated rings. The third-order valence-electron chi connectivity index (χ3n) is 2.90. The molecule has 3 rings (SSSR count). The summed E-state index contributed by atoms with van der Waals surface area (Å²) in [4.78, 5) is 0. The Hall–Kier alpha value is -1.65. The summed E-state index contributed by atoms with van der Waals surface area (Å²) < 4.78 is 23.5. The first-order valence-electron chi connectivity index (χ1n) is 5.90. The largest absolute Gasteiger partial charge is 0.454 e. The second-order valence-electron chi connectivity index (χ2n) is 4.29. The van der Waals surface area contributed by atoms with Crippen LogP contribution < -0.4 is 14.8 Å². The lowest BCUT2D eigenvalue weighted by Gasteiger charge is -2.09. The maximum absolute atomic E-state index is 13.0. The minimum Gasteiger partial charge on any atom is -0.454 e. The van der Waals surface area contributed by atoms with Crippen molar-refractivity contribution >= 4 is 28.9 Å². The van der Waals surface area contributed by atoms with Crippen LogP contribution in [0.1, 0.15) is 5.56 Å². The van der Waals surface area contributed by atoms with Gasteiger partial charge in [0.05, 0.1) is 15.7 Å². The summed E-state index contributed by atoms with van der Waals surface area (Å²) in [6.07, 6.45) is 0. The highest BCUT2D eigenvalue weighted by Crippen LogP contribution is 2.40. The summed E-state index contributed by atoms with van der Waals surface area (Å²) in [5.41, 5.74) is 1.57. The Kier molecular flexibility index (Phi) is 3.59. The number of rotatable bonds is 3. The predicted molar refractivity (Wildman–Crippen MR) is 76.3 cm³/mol. The summed E-state index contributed by atoms with van der Waals surface area (Å²) in [5.74, 6) is 0.821. The van der Waals surface area contributed by atoms with Crippen molar-refractivity contribution in [3.8, 4) is 11.5 Å². The van der Waals surface area contributed by atoms with Crippen molar-refractivity contribution in [1.82, 2.24) is 0 Å². The fraction of sp³-hybridized carbons (Fsp3) is 0.143. The predicted octanol–water partition coefficient (Wildman–Crippen LogP) is 4.47. The molecule has 0 aliphatic carbocycles. The monoisotopic (exact) mass is 313 g/mol. The molecule has 2 aromatic carbocycles. The maximum Gasteiger partial charge on any atom is 0.231 e. The maximum atomic E-state index is 13.0. The van der Waals surface area contributed by atoms with Crippen molar-refractivity contribution < 1.29 is 13.9 Å². The van der Waals surface area contributed by atoms with Gasteiger partial charge in [-0.05, 0) is 35.9 Å². The van der Waals surface area contributed by atoms with Crippen LogP contribution in [0.5, 0.6) is 11.5 Å². The minimum absolute atomic E-state index is 0.176. The molecule has 3 nitrogen and oxygen atoms in total. The van der Waals surface area contributed by atoms with E-state index in [4.69, 9.17) is 32.7 Å². The average molecular weight is 314 g/mol. The Balaban J connectivity index is 1.77. The van der Waals surface area contributed by atoms with Gasteiger partial charge in [0.15, 0.2) is 11.5 Å². The number of anilines is 1. The molecule has 0 aromatic heterocycles. The third-order valence-corrected chi connectivity index (χ3v) is 3.49. The van der Waals surface area contributed by atoms with Crippen molar-refractivity contribution in [1.29, 1.82) is 0 Å². The van der Waals surface area contributed by atoms with Crippen LogP contribution in [0.2, 0.25) is 10.0 Å². The molecule has 0 atom stereocenters. The molecule has 1 aliphatic heterocycles. The molecule has 1 heterocycles. The highest BCUT2D eigenvalue weighted by molar-refractivity contribution is 6.33. The number of fused-ring (bicyclic) bond motifs is 1. The van der Waals surface area contributed by atoms with Crippen LogP contribution in [0, 0.1) is 5.82 Å². The second kappa shape index (κ2) is 5.38. The van der Waals surface area contributed by atoms with E-state index in [1.165, 1.54) is 12.1 Å². The number of hydrogen-bond donors (Lipinski definition) is 1. The molecule has 0 spiro atoms. The van der Waals surface area contributed by atoms with Gasteiger partial charge in [0.1, 0.15) is 5.82 Å². The molecule has 20 heavy (non-hydrogen) atoms. The standard InChI is InChI=1S/C14H10Cl2FNO2/c15-10-5-9(17)1-2-12(10)18-6-8-3-11(16)14-13(4-8)19-7-20-14/h1-5,18H,6-7H2. The van der Waals surface area contributed by atoms with Gasteiger partial charge in [-0.3, -0.25) is 0 Å². The van der Waals surface area contributed by atoms with E-state index in [1.54, 1.807) is 12.1 Å². The highest BCUT2D eigenvalue weighted by Gasteiger charge is 2.18. The van der Waals surface area contributed by atoms with Crippen LogP contribution in [-0.4, -0.2) is 6.79 Å². The van der Waals surface area contributed by atoms with Crippen LogP contribution in [0.4, 0.5) is 10.1 Å². The minimum atomic E-state index is -0.369. The summed E-state index contributed by atoms with van der Waals surface area (Å²) >= 11 is 12.0. The van der Waals surface area contributed by atoms with Gasteiger partial charge in [-0.1, -0.05) is 23.2 Å². The van der Waals surface area contributed by atoms with Crippen LogP contribution in [-0.2, 0) is 6.54 Å². The van der Waals surface area contributed by atoms with E-state index >= 15 is 0 Å². The van der Waals surface area contributed by atoms with Crippen molar-refractivity contribution in [2.75, 3.05) is 12.1 Å². The first-order valence-corrected chi connectivity index (χ1v) is 6.66. The van der Waals surface area contributed by atoms with Gasteiger partial charge in [0.25, 0.3) is 0 Å². The van der Waals surface area contributed by atoms with Gasteiger partial charge in [-0.15, -0.1) is 0 Å². The number of halogens is 3. The molecule has 0 saturated carbocycles. The van der Waals surface area contributed by atoms with Crippen molar-refractivity contribution in [3.05, 3.63) is 51.8 Å². The van der Waals surface area contributed by atoms with Gasteiger partial charge in [-0.25, -0.2) is 4.39 Å². The smallest absolute Gasteiger partial charge is 0.231 e. The van der Waals surface area contributed by atoms with Gasteiger partial charge in [0, 0.05) is 6.54 Å². The quantitative estimate of drug-likeness (QED) is 0.906. The molecular weight excluding hydrogens is 304 g/mol. The van der Waals surface area contributed by atoms with Gasteiger partial charge in [-0.2, -0.15) is 0 Å². The summed E-state index contributed by atoms with van der Waals surface area (Å²) in [7, 11) is 0. The molecule has 0 unspecified atom stereocenters. The summed E-state index contributed by atoms with van der Waals surface area (Å²) in [6, 6.07) is 7.84. The van der Waals surface area contributed by atoms with Crippen LogP contribution in [0.15, 0.2) is 30.3 Å². The fourth-order valence-corrected chi connectivity index (χ4v) is 2.47. The molecule has 0 amide bonds. The molecule has 1 aliphatic rings. The van der Waals surface area contributed by atoms with Crippen molar-refractivity contribution in [3.63, 3.8) is 0 Å². The van der Waals surface area contributed by atoms with Gasteiger partial charge < -0.3 is 14.8 Å². The second-order valence-corrected chi connectivity index (χ2v) is 5.10. The summed E-state index contributed by atoms with van der Waals surface area (Å²) in [6.45, 7) is 0.664. The Bertz CT molecular complexity index is 664. The van der Waals surface area contributed by atoms with Crippen LogP contribution in [0.25, 0.3) is 0 Å². The Morgan fingerprint density at radius 2 is 1.95 bits per heavy atom. The lowest BCUT2D eigenvalue weighted by Crippen LogP contribution is -2.00. The molecule has 6 heteroatoms. The molecule has 0 radical (unpaired) electrons. The van der Waals surface area contributed by atoms with Gasteiger partial charge in [0.2, 0.25) is 6.79 Å². The highest BCUT2D eigenvalue weighted by atomic mass is 35.5. The molecule has 0 bridgehead atoms. The normalized spacial score (nSPS) is 12.6. The van der Waals surface area contributed by atoms with E-state index in [9.17, 15) is 4.39 Å². The SMILES string of the molecule is Fc1ccc(NCc2cc(Cl)c3c(c2)OCO3)c(Cl)c1. The Labute approximate surface area is 125 Å². The topological polar surface area (TPSA) is 30.5 Å². The number of hydrogen-bond acceptors (Lipinski definition) is 3. The Morgan fingerprint density at radius 3 is 2.75 bits per heavy atom. The number of ether oxygens (including phenoxy) is 2. The number of benzene rings is 2. The zero-order valence-electron chi connectivity index (χ0n) is 10.3. The van der Waals surface area contributed by atoms with E-state index in [1.807, 2.05) is 6.07 Å². The molecule has 0 saturated heterocycles. The van der Waals surface area contributed by atoms with Crippen molar-refractivity contribution in [2.24, 2.45) is 0 Å². The molecule has 2 aromatic rings. The zero-order valence-corrected chi connectivity index (χ0v) is 11.8. The van der Waals surface area contributed by atoms with E-state index < -0.39 is 0 Å². The summed E-state index contributed by atoms with van der Waals surface area (Å²) in [5, 5.41) is 3.95. The van der Waals surface area contributed by atoms with E-state index in [0.717, 1.165) is 5.56 Å². The first kappa shape index (κ1) is 13.3. The fourth-order valence-electron chi connectivity index (χ4n) is 1.95. The average Bonchev–Trinajstić information content (AvgIpc) is 2.86. The Morgan fingerprint density at radius 1 is 1.10 bits per heavy atom. The lowest BCUT2D eigenvalue weighted by molar-refractivity contribution is 0.174. The van der Waals surface area contributed by atoms with E-state index in [2.05, 4.69) is 5.32 Å². The van der Waals surface area contributed by atoms with Crippen LogP contribution in [0.3, 0.4) is 0 Å². The first-order chi connectivity index (χ1) is 9.63. The lowest BCUT2D eigenvalue weighted by atomic mass is 10.2. The molecule has 104 valence electrons. The van der Waals surface area contributed by atoms with Gasteiger partial charge >= 0.3 is 0 Å². The third kappa shape index (κ3) is 2.62. The molecular formula is C14H10Cl2FNO2. The van der Waals surface area contributed by atoms with Crippen molar-refractivity contribution in [2.45, 2.75) is 6.54 Å². The van der Waals surface area contributed by atoms with E-state index in [-0.39, 0.29) is 12.6 Å². The molecule has 1 N–H and O–H groups in total. The zero-order chi connectivity index (χ0) is 14.1. The van der Waals surface area contributed by atoms with Crippen LogP contribution >= 0.6 is 23.2 Å².